The fourth-order valence-corrected chi connectivity index (χ4v) is 0.929. The smallest absolute Gasteiger partial charge is 0.414 e. The SMILES string of the molecule is CC#COC1CCCCO1.[Br][Mg][Br]. The summed E-state index contributed by atoms with van der Waals surface area (Å²) in [6.45, 7) is 2.57. The Bertz CT molecular complexity index is 161. The van der Waals surface area contributed by atoms with Crippen LogP contribution in [0.4, 0.5) is 0 Å². The normalized spacial score (nSPS) is 19.8. The molecule has 0 amide bonds. The summed E-state index contributed by atoms with van der Waals surface area (Å²) in [7, 11) is 0. The Morgan fingerprint density at radius 3 is 2.62 bits per heavy atom. The summed E-state index contributed by atoms with van der Waals surface area (Å²) in [5.41, 5.74) is 0. The van der Waals surface area contributed by atoms with Crippen LogP contribution in [0.3, 0.4) is 0 Å². The van der Waals surface area contributed by atoms with E-state index in [1.54, 1.807) is 6.92 Å². The summed E-state index contributed by atoms with van der Waals surface area (Å²) in [6, 6.07) is 0. The van der Waals surface area contributed by atoms with Crippen LogP contribution in [0.5, 0.6) is 0 Å². The zero-order valence-electron chi connectivity index (χ0n) is 7.69. The molecule has 1 heterocycles. The van der Waals surface area contributed by atoms with E-state index in [0.29, 0.717) is 0 Å². The summed E-state index contributed by atoms with van der Waals surface area (Å²) >= 11 is 6.44. The molecular formula is C8H12Br2MgO2. The summed E-state index contributed by atoms with van der Waals surface area (Å²) in [5.74, 6) is 2.66. The highest BCUT2D eigenvalue weighted by Crippen LogP contribution is 2.12. The summed E-state index contributed by atoms with van der Waals surface area (Å²) < 4.78 is 10.3. The second-order valence-electron chi connectivity index (χ2n) is 2.37. The van der Waals surface area contributed by atoms with Crippen LogP contribution in [0.15, 0.2) is 0 Å². The van der Waals surface area contributed by atoms with Gasteiger partial charge >= 0.3 is 16.0 Å². The topological polar surface area (TPSA) is 18.5 Å². The summed E-state index contributed by atoms with van der Waals surface area (Å²) in [6.07, 6.45) is 5.80. The first-order chi connectivity index (χ1) is 6.35. The molecule has 0 saturated carbocycles. The van der Waals surface area contributed by atoms with Gasteiger partial charge in [0.1, 0.15) is 6.11 Å². The molecule has 2 nitrogen and oxygen atoms in total. The van der Waals surface area contributed by atoms with E-state index >= 15 is 0 Å². The highest BCUT2D eigenvalue weighted by atomic mass is 79.9. The van der Waals surface area contributed by atoms with Crippen LogP contribution in [-0.2, 0) is 9.47 Å². The molecule has 1 saturated heterocycles. The number of halogens is 2. The van der Waals surface area contributed by atoms with Crippen LogP contribution < -0.4 is 0 Å². The van der Waals surface area contributed by atoms with E-state index in [1.807, 2.05) is 0 Å². The molecule has 0 N–H and O–H groups in total. The van der Waals surface area contributed by atoms with Gasteiger partial charge in [0.25, 0.3) is 0 Å². The fraction of sp³-hybridized carbons (Fsp3) is 0.750. The highest BCUT2D eigenvalue weighted by Gasteiger charge is 2.12. The monoisotopic (exact) mass is 322 g/mol. The first-order valence-corrected chi connectivity index (χ1v) is 12.0. The van der Waals surface area contributed by atoms with Crippen molar-refractivity contribution in [1.82, 2.24) is 0 Å². The lowest BCUT2D eigenvalue weighted by atomic mass is 10.2. The number of ether oxygens (including phenoxy) is 2. The van der Waals surface area contributed by atoms with Gasteiger partial charge in [-0.15, -0.1) is 0 Å². The average molecular weight is 324 g/mol. The van der Waals surface area contributed by atoms with E-state index in [1.165, 1.54) is 6.42 Å². The van der Waals surface area contributed by atoms with E-state index in [0.717, 1.165) is 19.4 Å². The molecule has 0 aromatic heterocycles. The van der Waals surface area contributed by atoms with Crippen molar-refractivity contribution in [3.05, 3.63) is 0 Å². The van der Waals surface area contributed by atoms with Crippen molar-refractivity contribution in [1.29, 1.82) is 0 Å². The molecule has 0 spiro atoms. The van der Waals surface area contributed by atoms with Crippen molar-refractivity contribution in [3.63, 3.8) is 0 Å². The zero-order chi connectivity index (χ0) is 9.94. The van der Waals surface area contributed by atoms with Gasteiger partial charge in [-0.1, -0.05) is 5.92 Å². The Hall–Kier alpha value is 1.05. The van der Waals surface area contributed by atoms with Crippen molar-refractivity contribution < 1.29 is 9.47 Å². The van der Waals surface area contributed by atoms with Gasteiger partial charge in [0.05, 0.1) is 6.61 Å². The van der Waals surface area contributed by atoms with E-state index in [-0.39, 0.29) is 22.3 Å². The lowest BCUT2D eigenvalue weighted by Crippen LogP contribution is -2.20. The lowest BCUT2D eigenvalue weighted by Gasteiger charge is -2.19. The van der Waals surface area contributed by atoms with Crippen LogP contribution in [0.1, 0.15) is 26.2 Å². The number of hydrogen-bond acceptors (Lipinski definition) is 2. The third kappa shape index (κ3) is 9.35. The highest BCUT2D eigenvalue weighted by molar-refractivity contribution is 9.47. The predicted molar refractivity (Wildman–Crippen MR) is 61.7 cm³/mol. The van der Waals surface area contributed by atoms with E-state index in [2.05, 4.69) is 37.8 Å². The molecule has 0 aliphatic carbocycles. The number of rotatable bonds is 1. The maximum absolute atomic E-state index is 5.26. The molecule has 1 aliphatic heterocycles. The third-order valence-electron chi connectivity index (χ3n) is 1.43. The van der Waals surface area contributed by atoms with E-state index < -0.39 is 0 Å². The van der Waals surface area contributed by atoms with Gasteiger partial charge in [-0.3, -0.25) is 25.8 Å². The van der Waals surface area contributed by atoms with Gasteiger partial charge in [0, 0.05) is 13.3 Å². The molecule has 1 atom stereocenters. The molecule has 0 bridgehead atoms. The quantitative estimate of drug-likeness (QED) is 0.545. The lowest BCUT2D eigenvalue weighted by molar-refractivity contribution is -0.121. The Labute approximate surface area is 102 Å². The van der Waals surface area contributed by atoms with Crippen molar-refractivity contribution in [2.24, 2.45) is 0 Å². The van der Waals surface area contributed by atoms with Gasteiger partial charge < -0.3 is 9.47 Å². The van der Waals surface area contributed by atoms with E-state index in [9.17, 15) is 0 Å². The van der Waals surface area contributed by atoms with Crippen molar-refractivity contribution in [2.45, 2.75) is 32.5 Å². The molecule has 13 heavy (non-hydrogen) atoms. The molecule has 1 rings (SSSR count). The van der Waals surface area contributed by atoms with Gasteiger partial charge in [-0.2, -0.15) is 0 Å². The maximum Gasteiger partial charge on any atom is 0.560 e. The van der Waals surface area contributed by atoms with Gasteiger partial charge in [0.2, 0.25) is 6.29 Å². The molecular weight excluding hydrogens is 312 g/mol. The minimum atomic E-state index is -0.0683. The molecule has 0 radical (unpaired) electrons. The van der Waals surface area contributed by atoms with Crippen LogP contribution in [0.25, 0.3) is 0 Å². The average Bonchev–Trinajstić information content (AvgIpc) is 2.18. The van der Waals surface area contributed by atoms with Crippen molar-refractivity contribution in [3.8, 4) is 12.0 Å². The Balaban J connectivity index is 0.000000424. The van der Waals surface area contributed by atoms with Crippen molar-refractivity contribution in [2.75, 3.05) is 6.61 Å². The second-order valence-corrected chi connectivity index (χ2v) is 10.4. The Morgan fingerprint density at radius 2 is 2.15 bits per heavy atom. The minimum Gasteiger partial charge on any atom is -0.414 e. The molecule has 72 valence electrons. The third-order valence-corrected chi connectivity index (χ3v) is 1.43. The zero-order valence-corrected chi connectivity index (χ0v) is 12.3. The minimum absolute atomic E-state index is 0.0417. The summed E-state index contributed by atoms with van der Waals surface area (Å²) in [5, 5.41) is 0. The largest absolute Gasteiger partial charge is 0.560 e. The second kappa shape index (κ2) is 11.1. The molecule has 1 unspecified atom stereocenters. The molecule has 5 heteroatoms. The van der Waals surface area contributed by atoms with E-state index in [4.69, 9.17) is 9.47 Å². The first-order valence-electron chi connectivity index (χ1n) is 4.16. The molecule has 0 aromatic rings. The molecule has 1 aliphatic rings. The van der Waals surface area contributed by atoms with Gasteiger partial charge in [0.15, 0.2) is 0 Å². The first kappa shape index (κ1) is 14.0. The molecule has 0 aromatic carbocycles. The Morgan fingerprint density at radius 1 is 1.46 bits per heavy atom. The fourth-order valence-electron chi connectivity index (χ4n) is 0.929. The van der Waals surface area contributed by atoms with Crippen LogP contribution in [0.2, 0.25) is 0 Å². The standard InChI is InChI=1S/C8H12O2.2BrH.Mg/c1-2-6-9-8-5-3-4-7-10-8;;;/h8H,3-5,7H2,1H3;2*1H;/q;;;+2/p-2. The molecule has 1 fully saturated rings. The maximum atomic E-state index is 5.26. The predicted octanol–water partition coefficient (Wildman–Crippen LogP) is 2.82. The van der Waals surface area contributed by atoms with Crippen LogP contribution >= 0.6 is 25.8 Å². The van der Waals surface area contributed by atoms with Gasteiger partial charge in [-0.05, 0) is 12.8 Å². The van der Waals surface area contributed by atoms with Crippen molar-refractivity contribution >= 4 is 41.8 Å². The summed E-state index contributed by atoms with van der Waals surface area (Å²) in [4.78, 5) is 0. The van der Waals surface area contributed by atoms with Crippen LogP contribution in [0, 0.1) is 12.0 Å². The van der Waals surface area contributed by atoms with Gasteiger partial charge in [-0.25, -0.2) is 0 Å². The Kier molecular flexibility index (Phi) is 12.0. The van der Waals surface area contributed by atoms with Crippen LogP contribution in [-0.4, -0.2) is 28.9 Å². The number of hydrogen-bond donors (Lipinski definition) is 0.